The first-order chi connectivity index (χ1) is 15.5. The summed E-state index contributed by atoms with van der Waals surface area (Å²) in [5, 5.41) is 3.28. The third kappa shape index (κ3) is 3.81. The minimum absolute atomic E-state index is 0.0409. The zero-order chi connectivity index (χ0) is 22.2. The van der Waals surface area contributed by atoms with Crippen LogP contribution in [0.3, 0.4) is 0 Å². The van der Waals surface area contributed by atoms with Crippen LogP contribution in [-0.2, 0) is 0 Å². The van der Waals surface area contributed by atoms with Gasteiger partial charge < -0.3 is 10.2 Å². The van der Waals surface area contributed by atoms with Crippen LogP contribution < -0.4 is 5.32 Å². The molecule has 8 heteroatoms. The number of hydrogen-bond acceptors (Lipinski definition) is 6. The normalized spacial score (nSPS) is 22.1. The molecule has 3 fully saturated rings. The zero-order valence-electron chi connectivity index (χ0n) is 18.1. The first-order valence-corrected chi connectivity index (χ1v) is 10.9. The van der Waals surface area contributed by atoms with E-state index in [4.69, 9.17) is 0 Å². The van der Waals surface area contributed by atoms with Gasteiger partial charge in [-0.05, 0) is 68.9 Å². The molecule has 2 aliphatic heterocycles. The van der Waals surface area contributed by atoms with Crippen LogP contribution in [0, 0.1) is 25.6 Å². The van der Waals surface area contributed by atoms with E-state index in [1.54, 1.807) is 24.7 Å². The largest absolute Gasteiger partial charge is 0.363 e. The lowest BCUT2D eigenvalue weighted by Crippen LogP contribution is -2.60. The second kappa shape index (κ2) is 8.26. The maximum atomic E-state index is 14.4. The number of pyridine rings is 2. The average Bonchev–Trinajstić information content (AvgIpc) is 2.81. The van der Waals surface area contributed by atoms with Crippen LogP contribution in [0.15, 0.2) is 42.9 Å². The van der Waals surface area contributed by atoms with Crippen LogP contribution in [0.4, 0.5) is 10.2 Å². The Morgan fingerprint density at radius 1 is 1.16 bits per heavy atom. The smallest absolute Gasteiger partial charge is 0.256 e. The number of fused-ring (bicyclic) bond motifs is 3. The molecular formula is C24H25FN6O. The fraction of sp³-hybridized carbons (Fsp3) is 0.375. The minimum Gasteiger partial charge on any atom is -0.363 e. The first kappa shape index (κ1) is 20.5. The van der Waals surface area contributed by atoms with Gasteiger partial charge in [-0.25, -0.2) is 24.3 Å². The number of aryl methyl sites for hydroxylation is 2. The Morgan fingerprint density at radius 3 is 2.72 bits per heavy atom. The molecule has 0 aromatic carbocycles. The molecule has 2 saturated heterocycles. The number of carbonyl (C=O) groups excluding carboxylic acids is 1. The van der Waals surface area contributed by atoms with Crippen molar-refractivity contribution in [2.75, 3.05) is 11.9 Å². The molecule has 1 saturated carbocycles. The summed E-state index contributed by atoms with van der Waals surface area (Å²) in [5.41, 5.74) is 2.56. The molecule has 0 radical (unpaired) electrons. The fourth-order valence-corrected chi connectivity index (χ4v) is 4.87. The Kier molecular flexibility index (Phi) is 5.28. The molecule has 0 spiro atoms. The molecule has 3 aromatic heterocycles. The Hall–Kier alpha value is -3.42. The third-order valence-corrected chi connectivity index (χ3v) is 6.38. The number of carbonyl (C=O) groups is 1. The summed E-state index contributed by atoms with van der Waals surface area (Å²) < 4.78 is 14.4. The highest BCUT2D eigenvalue weighted by molar-refractivity contribution is 5.99. The van der Waals surface area contributed by atoms with Crippen molar-refractivity contribution in [2.45, 2.75) is 45.2 Å². The highest BCUT2D eigenvalue weighted by Gasteiger charge is 2.44. The number of hydrogen-bond donors (Lipinski definition) is 1. The molecule has 1 aliphatic carbocycles. The summed E-state index contributed by atoms with van der Waals surface area (Å²) >= 11 is 0. The number of amides is 1. The lowest BCUT2D eigenvalue weighted by atomic mass is 9.76. The highest BCUT2D eigenvalue weighted by Crippen LogP contribution is 2.38. The molecule has 5 heterocycles. The number of aromatic nitrogens is 4. The number of halogens is 1. The zero-order valence-corrected chi connectivity index (χ0v) is 18.1. The molecule has 3 aromatic rings. The number of piperidine rings is 2. The van der Waals surface area contributed by atoms with E-state index in [-0.39, 0.29) is 29.6 Å². The van der Waals surface area contributed by atoms with Crippen molar-refractivity contribution >= 4 is 11.7 Å². The second-order valence-corrected chi connectivity index (χ2v) is 8.72. The Morgan fingerprint density at radius 2 is 1.97 bits per heavy atom. The predicted molar refractivity (Wildman–Crippen MR) is 119 cm³/mol. The van der Waals surface area contributed by atoms with E-state index in [0.717, 1.165) is 30.5 Å². The van der Waals surface area contributed by atoms with Gasteiger partial charge in [0.25, 0.3) is 5.91 Å². The quantitative estimate of drug-likeness (QED) is 0.675. The summed E-state index contributed by atoms with van der Waals surface area (Å²) in [6.45, 7) is 4.38. The van der Waals surface area contributed by atoms with E-state index < -0.39 is 0 Å². The van der Waals surface area contributed by atoms with Crippen molar-refractivity contribution < 1.29 is 9.18 Å². The van der Waals surface area contributed by atoms with Gasteiger partial charge in [0.15, 0.2) is 17.5 Å². The van der Waals surface area contributed by atoms with Gasteiger partial charge in [0, 0.05) is 36.9 Å². The number of anilines is 1. The average molecular weight is 433 g/mol. The van der Waals surface area contributed by atoms with Crippen LogP contribution >= 0.6 is 0 Å². The molecule has 3 aliphatic rings. The van der Waals surface area contributed by atoms with E-state index in [0.29, 0.717) is 29.5 Å². The first-order valence-electron chi connectivity index (χ1n) is 10.9. The summed E-state index contributed by atoms with van der Waals surface area (Å²) in [6.07, 6.45) is 7.78. The Balaban J connectivity index is 1.45. The van der Waals surface area contributed by atoms with E-state index in [1.165, 1.54) is 6.07 Å². The molecule has 2 bridgehead atoms. The van der Waals surface area contributed by atoms with Gasteiger partial charge in [0.2, 0.25) is 0 Å². The van der Waals surface area contributed by atoms with Crippen LogP contribution in [0.25, 0.3) is 11.5 Å². The van der Waals surface area contributed by atoms with Gasteiger partial charge in [0.1, 0.15) is 5.69 Å². The predicted octanol–water partition coefficient (Wildman–Crippen LogP) is 3.79. The summed E-state index contributed by atoms with van der Waals surface area (Å²) in [4.78, 5) is 33.1. The molecule has 6 rings (SSSR count). The molecule has 1 amide bonds. The number of rotatable bonds is 4. The van der Waals surface area contributed by atoms with Crippen molar-refractivity contribution in [1.82, 2.24) is 24.8 Å². The Labute approximate surface area is 186 Å². The van der Waals surface area contributed by atoms with E-state index >= 15 is 0 Å². The van der Waals surface area contributed by atoms with Gasteiger partial charge in [0.05, 0.1) is 11.6 Å². The third-order valence-electron chi connectivity index (χ3n) is 6.38. The lowest BCUT2D eigenvalue weighted by Gasteiger charge is -2.50. The van der Waals surface area contributed by atoms with Gasteiger partial charge in [-0.15, -0.1) is 0 Å². The molecule has 164 valence electrons. The fourth-order valence-electron chi connectivity index (χ4n) is 4.87. The molecule has 7 nitrogen and oxygen atoms in total. The van der Waals surface area contributed by atoms with Gasteiger partial charge in [-0.1, -0.05) is 0 Å². The van der Waals surface area contributed by atoms with Crippen LogP contribution in [0.2, 0.25) is 0 Å². The van der Waals surface area contributed by atoms with Crippen molar-refractivity contribution in [3.63, 3.8) is 0 Å². The van der Waals surface area contributed by atoms with E-state index in [9.17, 15) is 9.18 Å². The summed E-state index contributed by atoms with van der Waals surface area (Å²) in [5.74, 6) is 0.595. The van der Waals surface area contributed by atoms with Crippen LogP contribution in [-0.4, -0.2) is 49.4 Å². The topological polar surface area (TPSA) is 83.9 Å². The van der Waals surface area contributed by atoms with Crippen molar-refractivity contribution in [1.29, 1.82) is 0 Å². The van der Waals surface area contributed by atoms with Gasteiger partial charge in [-0.2, -0.15) is 0 Å². The molecule has 32 heavy (non-hydrogen) atoms. The monoisotopic (exact) mass is 432 g/mol. The maximum Gasteiger partial charge on any atom is 0.256 e. The second-order valence-electron chi connectivity index (χ2n) is 8.72. The molecule has 3 atom stereocenters. The number of nitrogens with zero attached hydrogens (tertiary/aromatic N) is 5. The molecule has 1 N–H and O–H groups in total. The standard InChI is InChI=1S/C24H25FN6O/c1-14-10-18(25)22(28-12-14)30-19-11-16-5-7-20(19)31(13-16)24(32)17-6-4-15(2)29-21(17)23-26-8-3-9-27-23/h3-4,6,8-10,12,16,19-20H,5,7,11,13H2,1-2H3,(H,28,30). The Bertz CT molecular complexity index is 1150. The lowest BCUT2D eigenvalue weighted by molar-refractivity contribution is 0.0281. The summed E-state index contributed by atoms with van der Waals surface area (Å²) in [6, 6.07) is 6.76. The van der Waals surface area contributed by atoms with Crippen molar-refractivity contribution in [3.05, 3.63) is 65.5 Å². The van der Waals surface area contributed by atoms with Crippen LogP contribution in [0.1, 0.15) is 40.9 Å². The van der Waals surface area contributed by atoms with Crippen LogP contribution in [0.5, 0.6) is 0 Å². The number of nitrogens with one attached hydrogen (secondary N) is 1. The van der Waals surface area contributed by atoms with Gasteiger partial charge >= 0.3 is 0 Å². The summed E-state index contributed by atoms with van der Waals surface area (Å²) in [7, 11) is 0. The minimum atomic E-state index is -0.365. The molecular weight excluding hydrogens is 407 g/mol. The molecule has 3 unspecified atom stereocenters. The SMILES string of the molecule is Cc1cnc(NC2CC3CCC2N(C(=O)c2ccc(C)nc2-c2ncccn2)C3)c(F)c1. The highest BCUT2D eigenvalue weighted by atomic mass is 19.1. The maximum absolute atomic E-state index is 14.4. The van der Waals surface area contributed by atoms with Crippen molar-refractivity contribution in [2.24, 2.45) is 5.92 Å². The van der Waals surface area contributed by atoms with E-state index in [1.807, 2.05) is 30.9 Å². The van der Waals surface area contributed by atoms with E-state index in [2.05, 4.69) is 25.3 Å². The van der Waals surface area contributed by atoms with Gasteiger partial charge in [-0.3, -0.25) is 4.79 Å². The van der Waals surface area contributed by atoms with Crippen molar-refractivity contribution in [3.8, 4) is 11.5 Å².